The number of para-hydroxylation sites is 1. The van der Waals surface area contributed by atoms with Gasteiger partial charge in [-0.15, -0.1) is 0 Å². The maximum absolute atomic E-state index is 10.5. The van der Waals surface area contributed by atoms with Crippen LogP contribution in [-0.2, 0) is 4.79 Å². The van der Waals surface area contributed by atoms with Gasteiger partial charge in [-0.25, -0.2) is 0 Å². The number of aromatic nitrogens is 1. The van der Waals surface area contributed by atoms with Crippen molar-refractivity contribution < 1.29 is 9.90 Å². The first-order valence-electron chi connectivity index (χ1n) is 4.98. The average Bonchev–Trinajstić information content (AvgIpc) is 2.27. The average molecular weight is 216 g/mol. The van der Waals surface area contributed by atoms with Gasteiger partial charge in [-0.1, -0.05) is 18.2 Å². The van der Waals surface area contributed by atoms with Crippen LogP contribution in [0.3, 0.4) is 0 Å². The zero-order valence-electron chi connectivity index (χ0n) is 8.90. The molecule has 0 atom stereocenters. The number of nitrogens with zero attached hydrogens (tertiary/aromatic N) is 1. The molecule has 4 heteroatoms. The molecule has 0 aliphatic carbocycles. The number of aryl methyl sites for hydroxylation is 1. The van der Waals surface area contributed by atoms with Crippen LogP contribution in [0.2, 0.25) is 0 Å². The maximum atomic E-state index is 10.5. The van der Waals surface area contributed by atoms with E-state index < -0.39 is 5.97 Å². The second kappa shape index (κ2) is 4.18. The topological polar surface area (TPSA) is 62.2 Å². The van der Waals surface area contributed by atoms with Crippen molar-refractivity contribution >= 4 is 22.6 Å². The van der Waals surface area contributed by atoms with Gasteiger partial charge in [-0.2, -0.15) is 0 Å². The number of benzene rings is 1. The lowest BCUT2D eigenvalue weighted by Crippen LogP contribution is -2.12. The first kappa shape index (κ1) is 10.4. The summed E-state index contributed by atoms with van der Waals surface area (Å²) in [6.07, 6.45) is 1.68. The molecule has 2 aromatic rings. The van der Waals surface area contributed by atoms with Crippen molar-refractivity contribution in [2.45, 2.75) is 6.92 Å². The summed E-state index contributed by atoms with van der Waals surface area (Å²) >= 11 is 0. The third-order valence-corrected chi connectivity index (χ3v) is 2.40. The smallest absolute Gasteiger partial charge is 0.322 e. The molecule has 1 aromatic carbocycles. The standard InChI is InChI=1S/C12H12N2O2/c1-8-3-2-4-9-10(14-7-11(15)16)5-6-13-12(8)9/h2-6H,7H2,1H3,(H,13,14)(H,15,16). The third kappa shape index (κ3) is 1.95. The number of pyridine rings is 1. The van der Waals surface area contributed by atoms with Crippen molar-refractivity contribution in [1.82, 2.24) is 4.98 Å². The van der Waals surface area contributed by atoms with Crippen LogP contribution in [-0.4, -0.2) is 22.6 Å². The van der Waals surface area contributed by atoms with Crippen molar-refractivity contribution in [3.63, 3.8) is 0 Å². The Morgan fingerprint density at radius 1 is 1.44 bits per heavy atom. The number of aliphatic carboxylic acids is 1. The van der Waals surface area contributed by atoms with E-state index in [0.717, 1.165) is 22.2 Å². The zero-order valence-corrected chi connectivity index (χ0v) is 8.90. The van der Waals surface area contributed by atoms with Crippen molar-refractivity contribution in [3.8, 4) is 0 Å². The van der Waals surface area contributed by atoms with Crippen molar-refractivity contribution in [2.24, 2.45) is 0 Å². The molecule has 1 heterocycles. The number of carboxylic acid groups (broad SMARTS) is 1. The van der Waals surface area contributed by atoms with E-state index in [1.807, 2.05) is 25.1 Å². The Kier molecular flexibility index (Phi) is 2.72. The Morgan fingerprint density at radius 2 is 2.25 bits per heavy atom. The molecule has 16 heavy (non-hydrogen) atoms. The van der Waals surface area contributed by atoms with E-state index in [1.54, 1.807) is 12.3 Å². The summed E-state index contributed by atoms with van der Waals surface area (Å²) < 4.78 is 0. The second-order valence-electron chi connectivity index (χ2n) is 3.58. The summed E-state index contributed by atoms with van der Waals surface area (Å²) in [5, 5.41) is 12.4. The van der Waals surface area contributed by atoms with Gasteiger partial charge in [0.25, 0.3) is 0 Å². The minimum atomic E-state index is -0.877. The highest BCUT2D eigenvalue weighted by atomic mass is 16.4. The summed E-state index contributed by atoms with van der Waals surface area (Å²) in [5.41, 5.74) is 2.78. The lowest BCUT2D eigenvalue weighted by molar-refractivity contribution is -0.134. The number of hydrogen-bond donors (Lipinski definition) is 2. The SMILES string of the molecule is Cc1cccc2c(NCC(=O)O)ccnc12. The highest BCUT2D eigenvalue weighted by Gasteiger charge is 2.04. The van der Waals surface area contributed by atoms with Crippen LogP contribution in [0.15, 0.2) is 30.5 Å². The number of fused-ring (bicyclic) bond motifs is 1. The fraction of sp³-hybridized carbons (Fsp3) is 0.167. The number of carboxylic acids is 1. The predicted octanol–water partition coefficient (Wildman–Crippen LogP) is 2.04. The van der Waals surface area contributed by atoms with Crippen LogP contribution >= 0.6 is 0 Å². The van der Waals surface area contributed by atoms with E-state index in [9.17, 15) is 4.79 Å². The van der Waals surface area contributed by atoms with Gasteiger partial charge in [-0.3, -0.25) is 9.78 Å². The molecule has 0 aliphatic heterocycles. The summed E-state index contributed by atoms with van der Waals surface area (Å²) in [6, 6.07) is 7.63. The fourth-order valence-corrected chi connectivity index (χ4v) is 1.65. The minimum absolute atomic E-state index is 0.0902. The number of anilines is 1. The molecule has 0 bridgehead atoms. The largest absolute Gasteiger partial charge is 0.480 e. The molecule has 2 N–H and O–H groups in total. The van der Waals surface area contributed by atoms with Crippen LogP contribution < -0.4 is 5.32 Å². The molecule has 1 aromatic heterocycles. The Morgan fingerprint density at radius 3 is 3.00 bits per heavy atom. The Balaban J connectivity index is 2.45. The van der Waals surface area contributed by atoms with Crippen molar-refractivity contribution in [2.75, 3.05) is 11.9 Å². The van der Waals surface area contributed by atoms with E-state index in [4.69, 9.17) is 5.11 Å². The van der Waals surface area contributed by atoms with Gasteiger partial charge in [0, 0.05) is 17.3 Å². The second-order valence-corrected chi connectivity index (χ2v) is 3.58. The Hall–Kier alpha value is -2.10. The first-order valence-corrected chi connectivity index (χ1v) is 4.98. The molecule has 0 unspecified atom stereocenters. The molecule has 4 nitrogen and oxygen atoms in total. The highest BCUT2D eigenvalue weighted by molar-refractivity contribution is 5.93. The summed E-state index contributed by atoms with van der Waals surface area (Å²) in [7, 11) is 0. The Labute approximate surface area is 92.9 Å². The lowest BCUT2D eigenvalue weighted by atomic mass is 10.1. The molecule has 82 valence electrons. The molecule has 0 saturated heterocycles. The number of carbonyl (C=O) groups is 1. The molecular formula is C12H12N2O2. The van der Waals surface area contributed by atoms with E-state index >= 15 is 0 Å². The normalized spacial score (nSPS) is 10.3. The van der Waals surface area contributed by atoms with Gasteiger partial charge < -0.3 is 10.4 Å². The van der Waals surface area contributed by atoms with Gasteiger partial charge in [0.2, 0.25) is 0 Å². The van der Waals surface area contributed by atoms with E-state index in [2.05, 4.69) is 10.3 Å². The monoisotopic (exact) mass is 216 g/mol. The molecule has 0 radical (unpaired) electrons. The predicted molar refractivity (Wildman–Crippen MR) is 62.6 cm³/mol. The van der Waals surface area contributed by atoms with E-state index in [-0.39, 0.29) is 6.54 Å². The molecule has 0 spiro atoms. The zero-order chi connectivity index (χ0) is 11.5. The molecular weight excluding hydrogens is 204 g/mol. The van der Waals surface area contributed by atoms with Crippen LogP contribution in [0.5, 0.6) is 0 Å². The molecule has 2 rings (SSSR count). The number of rotatable bonds is 3. The van der Waals surface area contributed by atoms with Crippen LogP contribution in [0, 0.1) is 6.92 Å². The van der Waals surface area contributed by atoms with Gasteiger partial charge in [0.05, 0.1) is 5.52 Å². The molecule has 0 aliphatic rings. The van der Waals surface area contributed by atoms with E-state index in [0.29, 0.717) is 0 Å². The van der Waals surface area contributed by atoms with Crippen LogP contribution in [0.1, 0.15) is 5.56 Å². The van der Waals surface area contributed by atoms with Gasteiger partial charge in [0.1, 0.15) is 6.54 Å². The van der Waals surface area contributed by atoms with Crippen LogP contribution in [0.4, 0.5) is 5.69 Å². The Bertz CT molecular complexity index is 538. The van der Waals surface area contributed by atoms with Crippen molar-refractivity contribution in [1.29, 1.82) is 0 Å². The molecule has 0 fully saturated rings. The summed E-state index contributed by atoms with van der Waals surface area (Å²) in [6.45, 7) is 1.89. The summed E-state index contributed by atoms with van der Waals surface area (Å²) in [5.74, 6) is -0.877. The van der Waals surface area contributed by atoms with Crippen molar-refractivity contribution in [3.05, 3.63) is 36.0 Å². The third-order valence-electron chi connectivity index (χ3n) is 2.40. The maximum Gasteiger partial charge on any atom is 0.322 e. The first-order chi connectivity index (χ1) is 7.68. The van der Waals surface area contributed by atoms with Gasteiger partial charge >= 0.3 is 5.97 Å². The fourth-order valence-electron chi connectivity index (χ4n) is 1.65. The molecule has 0 amide bonds. The molecule has 0 saturated carbocycles. The van der Waals surface area contributed by atoms with Gasteiger partial charge in [0.15, 0.2) is 0 Å². The minimum Gasteiger partial charge on any atom is -0.480 e. The lowest BCUT2D eigenvalue weighted by Gasteiger charge is -2.08. The van der Waals surface area contributed by atoms with Crippen LogP contribution in [0.25, 0.3) is 10.9 Å². The quantitative estimate of drug-likeness (QED) is 0.824. The van der Waals surface area contributed by atoms with Gasteiger partial charge in [-0.05, 0) is 18.6 Å². The number of nitrogens with one attached hydrogen (secondary N) is 1. The highest BCUT2D eigenvalue weighted by Crippen LogP contribution is 2.23. The van der Waals surface area contributed by atoms with E-state index in [1.165, 1.54) is 0 Å². The number of hydrogen-bond acceptors (Lipinski definition) is 3. The summed E-state index contributed by atoms with van der Waals surface area (Å²) in [4.78, 5) is 14.8.